The molecule has 36 heavy (non-hydrogen) atoms. The second kappa shape index (κ2) is 11.0. The van der Waals surface area contributed by atoms with E-state index in [1.54, 1.807) is 45.2 Å². The summed E-state index contributed by atoms with van der Waals surface area (Å²) in [5.74, 6) is -0.586. The number of methoxy groups -OCH3 is 1. The van der Waals surface area contributed by atoms with Crippen LogP contribution in [0, 0.1) is 5.82 Å². The lowest BCUT2D eigenvalue weighted by atomic mass is 9.96. The molecule has 192 valence electrons. The highest BCUT2D eigenvalue weighted by Gasteiger charge is 2.25. The maximum Gasteiger partial charge on any atom is 0.251 e. The first kappa shape index (κ1) is 26.2. The number of carbonyl (C=O) groups is 1. The number of morpholine rings is 1. The molecule has 4 N–H and O–H groups in total. The number of pyridine rings is 1. The molecular weight excluding hydrogens is 483 g/mol. The van der Waals surface area contributed by atoms with Crippen LogP contribution in [-0.2, 0) is 15.1 Å². The van der Waals surface area contributed by atoms with Crippen molar-refractivity contribution in [3.05, 3.63) is 65.1 Å². The van der Waals surface area contributed by atoms with E-state index in [2.05, 4.69) is 10.2 Å². The molecule has 0 saturated carbocycles. The Bertz CT molecular complexity index is 1220. The third-order valence-electron chi connectivity index (χ3n) is 6.10. The predicted molar refractivity (Wildman–Crippen MR) is 138 cm³/mol. The van der Waals surface area contributed by atoms with Crippen molar-refractivity contribution in [1.82, 2.24) is 9.88 Å². The van der Waals surface area contributed by atoms with Crippen LogP contribution in [0.15, 0.2) is 42.5 Å². The summed E-state index contributed by atoms with van der Waals surface area (Å²) >= 11 is 1.21. The van der Waals surface area contributed by atoms with Gasteiger partial charge in [-0.15, -0.1) is 11.3 Å². The number of carbonyl (C=O) groups excluding carboxylic acids is 1. The van der Waals surface area contributed by atoms with Crippen LogP contribution in [0.25, 0.3) is 10.4 Å². The van der Waals surface area contributed by atoms with Crippen molar-refractivity contribution in [1.29, 1.82) is 0 Å². The fourth-order valence-electron chi connectivity index (χ4n) is 4.14. The zero-order valence-corrected chi connectivity index (χ0v) is 21.4. The largest absolute Gasteiger partial charge is 0.386 e. The summed E-state index contributed by atoms with van der Waals surface area (Å²) in [6.07, 6.45) is 0. The number of nitrogens with two attached hydrogens (primary N) is 1. The lowest BCUT2D eigenvalue weighted by Gasteiger charge is -2.33. The lowest BCUT2D eigenvalue weighted by molar-refractivity contribution is -0.00492. The summed E-state index contributed by atoms with van der Waals surface area (Å²) in [6, 6.07) is 11.7. The fourth-order valence-corrected chi connectivity index (χ4v) is 5.24. The van der Waals surface area contributed by atoms with Gasteiger partial charge < -0.3 is 25.6 Å². The number of nitrogens with zero attached hydrogens (tertiary/aromatic N) is 2. The van der Waals surface area contributed by atoms with E-state index in [1.165, 1.54) is 17.4 Å². The maximum atomic E-state index is 14.9. The average molecular weight is 515 g/mol. The summed E-state index contributed by atoms with van der Waals surface area (Å²) in [4.78, 5) is 19.8. The molecule has 0 bridgehead atoms. The number of anilines is 2. The molecule has 1 aliphatic rings. The van der Waals surface area contributed by atoms with Crippen LogP contribution in [0.2, 0.25) is 0 Å². The van der Waals surface area contributed by atoms with E-state index in [9.17, 15) is 14.3 Å². The molecule has 4 rings (SSSR count). The highest BCUT2D eigenvalue weighted by molar-refractivity contribution is 7.19. The van der Waals surface area contributed by atoms with Gasteiger partial charge in [-0.1, -0.05) is 18.2 Å². The first-order valence-corrected chi connectivity index (χ1v) is 12.5. The molecular formula is C26H31FN4O4S. The molecule has 1 aromatic carbocycles. The first-order chi connectivity index (χ1) is 17.2. The Morgan fingerprint density at radius 1 is 1.31 bits per heavy atom. The molecule has 3 aromatic rings. The summed E-state index contributed by atoms with van der Waals surface area (Å²) in [5.41, 5.74) is 6.32. The highest BCUT2D eigenvalue weighted by Crippen LogP contribution is 2.39. The molecule has 2 aromatic heterocycles. The molecule has 1 atom stereocenters. The van der Waals surface area contributed by atoms with E-state index in [1.807, 2.05) is 12.1 Å². The molecule has 3 heterocycles. The number of halogens is 1. The van der Waals surface area contributed by atoms with Gasteiger partial charge in [-0.25, -0.2) is 9.37 Å². The van der Waals surface area contributed by atoms with Crippen LogP contribution < -0.4 is 11.1 Å². The standard InChI is InChI=1S/C26H31FN4O4S/c1-26(2,33)16-7-8-17(19(27)13-16)22-14-18(24(28)32)25(36-22)30-23-6-4-5-20(29-23)21(15-34-3)31-9-11-35-12-10-31/h4-8,13-14,21,33H,9-12,15H2,1-3H3,(H2,28,32)(H,29,30). The van der Waals surface area contributed by atoms with Gasteiger partial charge in [-0.05, 0) is 43.7 Å². The van der Waals surface area contributed by atoms with Crippen LogP contribution in [0.1, 0.15) is 41.5 Å². The third-order valence-corrected chi connectivity index (χ3v) is 7.19. The predicted octanol–water partition coefficient (Wildman–Crippen LogP) is 4.04. The maximum absolute atomic E-state index is 14.9. The van der Waals surface area contributed by atoms with E-state index in [-0.39, 0.29) is 11.6 Å². The Balaban J connectivity index is 1.63. The fraction of sp³-hybridized carbons (Fsp3) is 0.385. The number of aliphatic hydroxyl groups is 1. The number of hydrogen-bond donors (Lipinski definition) is 3. The highest BCUT2D eigenvalue weighted by atomic mass is 32.1. The number of nitrogens with one attached hydrogen (secondary N) is 1. The van der Waals surface area contributed by atoms with Crippen molar-refractivity contribution in [3.63, 3.8) is 0 Å². The van der Waals surface area contributed by atoms with Crippen molar-refractivity contribution < 1.29 is 23.8 Å². The van der Waals surface area contributed by atoms with Gasteiger partial charge in [-0.3, -0.25) is 9.69 Å². The number of primary amides is 1. The second-order valence-corrected chi connectivity index (χ2v) is 10.2. The van der Waals surface area contributed by atoms with E-state index in [0.29, 0.717) is 46.6 Å². The number of hydrogen-bond acceptors (Lipinski definition) is 8. The minimum absolute atomic E-state index is 0.0430. The second-order valence-electron chi connectivity index (χ2n) is 9.16. The van der Waals surface area contributed by atoms with Crippen LogP contribution in [0.5, 0.6) is 0 Å². The van der Waals surface area contributed by atoms with Gasteiger partial charge in [-0.2, -0.15) is 0 Å². The third kappa shape index (κ3) is 5.91. The first-order valence-electron chi connectivity index (χ1n) is 11.7. The summed E-state index contributed by atoms with van der Waals surface area (Å²) in [6.45, 7) is 6.55. The van der Waals surface area contributed by atoms with Crippen molar-refractivity contribution in [3.8, 4) is 10.4 Å². The Labute approximate surface area is 213 Å². The SMILES string of the molecule is COCC(c1cccc(Nc2sc(-c3ccc(C(C)(C)O)cc3F)cc2C(N)=O)n1)N1CCOCC1. The Kier molecular flexibility index (Phi) is 8.01. The molecule has 0 spiro atoms. The summed E-state index contributed by atoms with van der Waals surface area (Å²) in [5, 5.41) is 13.9. The van der Waals surface area contributed by atoms with Crippen LogP contribution in [0.4, 0.5) is 15.2 Å². The average Bonchev–Trinajstić information content (AvgIpc) is 3.26. The molecule has 0 radical (unpaired) electrons. The molecule has 1 amide bonds. The van der Waals surface area contributed by atoms with Crippen molar-refractivity contribution >= 4 is 28.1 Å². The lowest BCUT2D eigenvalue weighted by Crippen LogP contribution is -2.41. The Morgan fingerprint density at radius 2 is 2.06 bits per heavy atom. The number of thiophene rings is 1. The quantitative estimate of drug-likeness (QED) is 0.395. The van der Waals surface area contributed by atoms with Crippen molar-refractivity contribution in [2.75, 3.05) is 45.3 Å². The normalized spacial score (nSPS) is 15.6. The van der Waals surface area contributed by atoms with Crippen molar-refractivity contribution in [2.24, 2.45) is 5.73 Å². The number of rotatable bonds is 9. The topological polar surface area (TPSA) is 110 Å². The molecule has 1 aliphatic heterocycles. The number of benzene rings is 1. The monoisotopic (exact) mass is 514 g/mol. The molecule has 1 unspecified atom stereocenters. The van der Waals surface area contributed by atoms with E-state index in [0.717, 1.165) is 18.8 Å². The van der Waals surface area contributed by atoms with E-state index < -0.39 is 17.3 Å². The van der Waals surface area contributed by atoms with Crippen LogP contribution in [0.3, 0.4) is 0 Å². The minimum atomic E-state index is -1.17. The number of amides is 1. The van der Waals surface area contributed by atoms with Gasteiger partial charge in [0.1, 0.15) is 16.6 Å². The van der Waals surface area contributed by atoms with E-state index in [4.69, 9.17) is 20.2 Å². The molecule has 8 nitrogen and oxygen atoms in total. The van der Waals surface area contributed by atoms with Gasteiger partial charge >= 0.3 is 0 Å². The van der Waals surface area contributed by atoms with Gasteiger partial charge in [0.25, 0.3) is 5.91 Å². The van der Waals surface area contributed by atoms with Gasteiger partial charge in [0.2, 0.25) is 0 Å². The van der Waals surface area contributed by atoms with Gasteiger partial charge in [0.05, 0.1) is 42.7 Å². The van der Waals surface area contributed by atoms with Crippen LogP contribution in [-0.4, -0.2) is 60.9 Å². The zero-order chi connectivity index (χ0) is 25.9. The number of ether oxygens (including phenoxy) is 2. The van der Waals surface area contributed by atoms with Gasteiger partial charge in [0.15, 0.2) is 0 Å². The van der Waals surface area contributed by atoms with Crippen LogP contribution >= 0.6 is 11.3 Å². The zero-order valence-electron chi connectivity index (χ0n) is 20.6. The number of aromatic nitrogens is 1. The van der Waals surface area contributed by atoms with Crippen molar-refractivity contribution in [2.45, 2.75) is 25.5 Å². The summed E-state index contributed by atoms with van der Waals surface area (Å²) < 4.78 is 25.9. The molecule has 0 aliphatic carbocycles. The molecule has 10 heteroatoms. The minimum Gasteiger partial charge on any atom is -0.386 e. The Hall–Kier alpha value is -2.89. The molecule has 1 saturated heterocycles. The Morgan fingerprint density at radius 3 is 2.69 bits per heavy atom. The van der Waals surface area contributed by atoms with Gasteiger partial charge in [0, 0.05) is 30.6 Å². The molecule has 1 fully saturated rings. The van der Waals surface area contributed by atoms with E-state index >= 15 is 0 Å². The smallest absolute Gasteiger partial charge is 0.251 e. The summed E-state index contributed by atoms with van der Waals surface area (Å²) in [7, 11) is 1.66.